The second kappa shape index (κ2) is 10.2. The third-order valence-electron chi connectivity index (χ3n) is 5.66. The van der Waals surface area contributed by atoms with E-state index in [1.165, 1.54) is 19.9 Å². The van der Waals surface area contributed by atoms with Crippen molar-refractivity contribution in [1.82, 2.24) is 10.2 Å². The highest BCUT2D eigenvalue weighted by molar-refractivity contribution is 6.23. The van der Waals surface area contributed by atoms with Gasteiger partial charge in [-0.1, -0.05) is 36.4 Å². The number of fused-ring (bicyclic) bond motifs is 1. The van der Waals surface area contributed by atoms with E-state index in [4.69, 9.17) is 4.74 Å². The molecule has 36 heavy (non-hydrogen) atoms. The summed E-state index contributed by atoms with van der Waals surface area (Å²) in [6.07, 6.45) is 0. The molecule has 3 aromatic rings. The van der Waals surface area contributed by atoms with Crippen LogP contribution in [-0.4, -0.2) is 40.5 Å². The molecule has 1 heterocycles. The quantitative estimate of drug-likeness (QED) is 0.301. The monoisotopic (exact) mass is 485 g/mol. The van der Waals surface area contributed by atoms with Crippen molar-refractivity contribution in [1.29, 1.82) is 0 Å². The van der Waals surface area contributed by atoms with Crippen molar-refractivity contribution in [3.05, 3.63) is 95.1 Å². The molecule has 0 aromatic heterocycles. The van der Waals surface area contributed by atoms with Crippen LogP contribution in [0, 0.1) is 0 Å². The Hall–Kier alpha value is -4.79. The van der Waals surface area contributed by atoms with Crippen LogP contribution in [0.15, 0.2) is 72.8 Å². The van der Waals surface area contributed by atoms with E-state index in [1.54, 1.807) is 66.7 Å². The smallest absolute Gasteiger partial charge is 0.308 e. The summed E-state index contributed by atoms with van der Waals surface area (Å²) in [5, 5.41) is 5.53. The van der Waals surface area contributed by atoms with Crippen molar-refractivity contribution in [2.24, 2.45) is 0 Å². The van der Waals surface area contributed by atoms with Gasteiger partial charge in [-0.25, -0.2) is 0 Å². The summed E-state index contributed by atoms with van der Waals surface area (Å²) in [6.45, 7) is 2.85. The molecule has 0 radical (unpaired) electrons. The van der Waals surface area contributed by atoms with Crippen LogP contribution in [0.2, 0.25) is 0 Å². The van der Waals surface area contributed by atoms with Gasteiger partial charge in [0.1, 0.15) is 11.8 Å². The van der Waals surface area contributed by atoms with Gasteiger partial charge in [0.25, 0.3) is 17.7 Å². The molecule has 4 amide bonds. The first-order chi connectivity index (χ1) is 17.3. The van der Waals surface area contributed by atoms with Gasteiger partial charge in [-0.2, -0.15) is 0 Å². The van der Waals surface area contributed by atoms with Crippen LogP contribution in [0.4, 0.5) is 5.69 Å². The van der Waals surface area contributed by atoms with Crippen molar-refractivity contribution >= 4 is 35.3 Å². The number of benzene rings is 3. The van der Waals surface area contributed by atoms with Crippen LogP contribution >= 0.6 is 0 Å². The van der Waals surface area contributed by atoms with Gasteiger partial charge in [-0.3, -0.25) is 28.9 Å². The zero-order valence-corrected chi connectivity index (χ0v) is 19.6. The lowest BCUT2D eigenvalue weighted by Gasteiger charge is -2.22. The topological polar surface area (TPSA) is 122 Å². The second-order valence-electron chi connectivity index (χ2n) is 8.15. The Morgan fingerprint density at radius 2 is 1.53 bits per heavy atom. The molecule has 1 aliphatic heterocycles. The zero-order chi connectivity index (χ0) is 25.8. The number of carbonyl (C=O) groups is 5. The van der Waals surface area contributed by atoms with Gasteiger partial charge in [0, 0.05) is 24.7 Å². The first-order valence-electron chi connectivity index (χ1n) is 11.2. The number of hydrogen-bond acceptors (Lipinski definition) is 6. The number of carbonyl (C=O) groups excluding carboxylic acids is 5. The molecule has 0 fully saturated rings. The summed E-state index contributed by atoms with van der Waals surface area (Å²) in [5.74, 6) is -2.22. The van der Waals surface area contributed by atoms with Crippen LogP contribution in [-0.2, 0) is 16.1 Å². The minimum absolute atomic E-state index is 0.0917. The SMILES string of the molecule is CC(=O)Oc1cccc(C(=O)NCc2ccccc2NC(=O)C(C)N2C(=O)c3ccccc3C2=O)c1. The third-order valence-corrected chi connectivity index (χ3v) is 5.66. The van der Waals surface area contributed by atoms with Crippen LogP contribution < -0.4 is 15.4 Å². The maximum atomic E-state index is 13.0. The lowest BCUT2D eigenvalue weighted by molar-refractivity contribution is -0.131. The zero-order valence-electron chi connectivity index (χ0n) is 19.6. The number of esters is 1. The van der Waals surface area contributed by atoms with Gasteiger partial charge in [0.15, 0.2) is 0 Å². The van der Waals surface area contributed by atoms with E-state index in [9.17, 15) is 24.0 Å². The molecule has 0 spiro atoms. The molecule has 4 rings (SSSR count). The average Bonchev–Trinajstić information content (AvgIpc) is 3.12. The van der Waals surface area contributed by atoms with Crippen LogP contribution in [0.3, 0.4) is 0 Å². The van der Waals surface area contributed by atoms with Crippen molar-refractivity contribution < 1.29 is 28.7 Å². The molecule has 1 aliphatic rings. The van der Waals surface area contributed by atoms with Gasteiger partial charge in [-0.15, -0.1) is 0 Å². The number of hydrogen-bond donors (Lipinski definition) is 2. The predicted molar refractivity (Wildman–Crippen MR) is 130 cm³/mol. The number of para-hydroxylation sites is 1. The first kappa shape index (κ1) is 24.3. The number of imide groups is 1. The number of anilines is 1. The summed E-state index contributed by atoms with van der Waals surface area (Å²) in [6, 6.07) is 18.5. The summed E-state index contributed by atoms with van der Waals surface area (Å²) in [5.41, 5.74) is 1.88. The third kappa shape index (κ3) is 5.00. The molecule has 3 aromatic carbocycles. The summed E-state index contributed by atoms with van der Waals surface area (Å²) in [4.78, 5) is 63.2. The van der Waals surface area contributed by atoms with Gasteiger partial charge < -0.3 is 15.4 Å². The highest BCUT2D eigenvalue weighted by Gasteiger charge is 2.40. The second-order valence-corrected chi connectivity index (χ2v) is 8.15. The lowest BCUT2D eigenvalue weighted by atomic mass is 10.1. The Bertz CT molecular complexity index is 1350. The van der Waals surface area contributed by atoms with Crippen LogP contribution in [0.1, 0.15) is 50.5 Å². The van der Waals surface area contributed by atoms with Crippen molar-refractivity contribution in [2.45, 2.75) is 26.4 Å². The average molecular weight is 485 g/mol. The lowest BCUT2D eigenvalue weighted by Crippen LogP contribution is -2.45. The normalized spacial score (nSPS) is 13.1. The number of ether oxygens (including phenoxy) is 1. The van der Waals surface area contributed by atoms with Crippen LogP contribution in [0.25, 0.3) is 0 Å². The number of nitrogens with zero attached hydrogens (tertiary/aromatic N) is 1. The minimum atomic E-state index is -1.05. The molecule has 9 heteroatoms. The van der Waals surface area contributed by atoms with E-state index in [2.05, 4.69) is 10.6 Å². The predicted octanol–water partition coefficient (Wildman–Crippen LogP) is 3.17. The highest BCUT2D eigenvalue weighted by atomic mass is 16.5. The molecular formula is C27H23N3O6. The summed E-state index contributed by atoms with van der Waals surface area (Å²) in [7, 11) is 0. The molecule has 182 valence electrons. The van der Waals surface area contributed by atoms with Crippen molar-refractivity contribution in [3.8, 4) is 5.75 Å². The highest BCUT2D eigenvalue weighted by Crippen LogP contribution is 2.25. The van der Waals surface area contributed by atoms with Crippen molar-refractivity contribution in [3.63, 3.8) is 0 Å². The van der Waals surface area contributed by atoms with E-state index in [0.717, 1.165) is 4.90 Å². The fourth-order valence-corrected chi connectivity index (χ4v) is 3.85. The Morgan fingerprint density at radius 3 is 2.19 bits per heavy atom. The van der Waals surface area contributed by atoms with Gasteiger partial charge in [-0.05, 0) is 48.9 Å². The van der Waals surface area contributed by atoms with Crippen LogP contribution in [0.5, 0.6) is 5.75 Å². The molecule has 9 nitrogen and oxygen atoms in total. The Kier molecular flexibility index (Phi) is 6.91. The summed E-state index contributed by atoms with van der Waals surface area (Å²) < 4.78 is 5.01. The molecule has 1 atom stereocenters. The van der Waals surface area contributed by atoms with Crippen molar-refractivity contribution in [2.75, 3.05) is 5.32 Å². The molecule has 0 saturated heterocycles. The largest absolute Gasteiger partial charge is 0.427 e. The number of rotatable bonds is 7. The molecule has 0 saturated carbocycles. The van der Waals surface area contributed by atoms with Gasteiger partial charge >= 0.3 is 5.97 Å². The molecular weight excluding hydrogens is 462 g/mol. The fraction of sp³-hybridized carbons (Fsp3) is 0.148. The van der Waals surface area contributed by atoms with E-state index in [0.29, 0.717) is 16.8 Å². The Balaban J connectivity index is 1.43. The molecule has 2 N–H and O–H groups in total. The maximum Gasteiger partial charge on any atom is 0.308 e. The first-order valence-corrected chi connectivity index (χ1v) is 11.2. The van der Waals surface area contributed by atoms with E-state index in [-0.39, 0.29) is 23.4 Å². The van der Waals surface area contributed by atoms with E-state index < -0.39 is 35.6 Å². The van der Waals surface area contributed by atoms with Gasteiger partial charge in [0.05, 0.1) is 11.1 Å². The molecule has 0 bridgehead atoms. The van der Waals surface area contributed by atoms with E-state index >= 15 is 0 Å². The minimum Gasteiger partial charge on any atom is -0.427 e. The standard InChI is InChI=1S/C27H23N3O6/c1-16(30-26(34)21-11-4-5-12-22(21)27(30)35)24(32)29-23-13-6-3-8-19(23)15-28-25(33)18-9-7-10-20(14-18)36-17(2)31/h3-14,16H,15H2,1-2H3,(H,28,33)(H,29,32). The van der Waals surface area contributed by atoms with E-state index in [1.807, 2.05) is 0 Å². The maximum absolute atomic E-state index is 13.0. The number of nitrogens with one attached hydrogen (secondary N) is 2. The Morgan fingerprint density at radius 1 is 0.889 bits per heavy atom. The summed E-state index contributed by atoms with van der Waals surface area (Å²) >= 11 is 0. The van der Waals surface area contributed by atoms with Gasteiger partial charge in [0.2, 0.25) is 5.91 Å². The number of amides is 4. The fourth-order valence-electron chi connectivity index (χ4n) is 3.85. The molecule has 0 aliphatic carbocycles. The molecule has 1 unspecified atom stereocenters. The Labute approximate surface area is 207 Å².